The second kappa shape index (κ2) is 10.1. The van der Waals surface area contributed by atoms with Gasteiger partial charge in [-0.3, -0.25) is 9.59 Å². The largest absolute Gasteiger partial charge is 0.489 e. The van der Waals surface area contributed by atoms with Gasteiger partial charge in [0.2, 0.25) is 11.8 Å². The molecule has 5 nitrogen and oxygen atoms in total. The van der Waals surface area contributed by atoms with E-state index in [1.807, 2.05) is 37.3 Å². The van der Waals surface area contributed by atoms with E-state index < -0.39 is 0 Å². The SMILES string of the molecule is CCCCC(=O)NCC(=O)Nc1ccc(OCc2ccccc2)cc1. The minimum Gasteiger partial charge on any atom is -0.489 e. The zero-order chi connectivity index (χ0) is 17.9. The third kappa shape index (κ3) is 7.08. The van der Waals surface area contributed by atoms with Crippen molar-refractivity contribution in [1.82, 2.24) is 5.32 Å². The smallest absolute Gasteiger partial charge is 0.243 e. The van der Waals surface area contributed by atoms with Gasteiger partial charge in [-0.05, 0) is 36.2 Å². The fourth-order valence-electron chi connectivity index (χ4n) is 2.19. The van der Waals surface area contributed by atoms with Crippen LogP contribution in [-0.4, -0.2) is 18.4 Å². The van der Waals surface area contributed by atoms with Crippen molar-refractivity contribution >= 4 is 17.5 Å². The van der Waals surface area contributed by atoms with Crippen LogP contribution in [0.15, 0.2) is 54.6 Å². The molecule has 2 aromatic rings. The summed E-state index contributed by atoms with van der Waals surface area (Å²) in [7, 11) is 0. The number of amides is 2. The summed E-state index contributed by atoms with van der Waals surface area (Å²) in [6.07, 6.45) is 2.24. The van der Waals surface area contributed by atoms with Gasteiger partial charge in [0.1, 0.15) is 12.4 Å². The van der Waals surface area contributed by atoms with Crippen molar-refractivity contribution < 1.29 is 14.3 Å². The van der Waals surface area contributed by atoms with Crippen LogP contribution in [0.3, 0.4) is 0 Å². The van der Waals surface area contributed by atoms with Gasteiger partial charge in [-0.25, -0.2) is 0 Å². The number of carbonyl (C=O) groups excluding carboxylic acids is 2. The van der Waals surface area contributed by atoms with Gasteiger partial charge in [0, 0.05) is 12.1 Å². The molecule has 0 unspecified atom stereocenters. The maximum absolute atomic E-state index is 11.8. The quantitative estimate of drug-likeness (QED) is 0.734. The lowest BCUT2D eigenvalue weighted by Gasteiger charge is -2.09. The van der Waals surface area contributed by atoms with Crippen molar-refractivity contribution in [1.29, 1.82) is 0 Å². The summed E-state index contributed by atoms with van der Waals surface area (Å²) in [5.41, 5.74) is 1.76. The summed E-state index contributed by atoms with van der Waals surface area (Å²) in [5.74, 6) is 0.388. The second-order valence-electron chi connectivity index (χ2n) is 5.73. The number of ether oxygens (including phenoxy) is 1. The van der Waals surface area contributed by atoms with Crippen LogP contribution in [0, 0.1) is 0 Å². The summed E-state index contributed by atoms with van der Waals surface area (Å²) in [5, 5.41) is 5.36. The minimum atomic E-state index is -0.247. The summed E-state index contributed by atoms with van der Waals surface area (Å²) in [6, 6.07) is 17.1. The molecular weight excluding hydrogens is 316 g/mol. The molecule has 0 radical (unpaired) electrons. The normalized spacial score (nSPS) is 10.1. The predicted octanol–water partition coefficient (Wildman–Crippen LogP) is 3.51. The van der Waals surface area contributed by atoms with Crippen molar-refractivity contribution in [3.8, 4) is 5.75 Å². The molecule has 0 atom stereocenters. The molecule has 0 fully saturated rings. The molecule has 25 heavy (non-hydrogen) atoms. The van der Waals surface area contributed by atoms with Gasteiger partial charge in [0.05, 0.1) is 6.54 Å². The molecule has 0 spiro atoms. The van der Waals surface area contributed by atoms with Gasteiger partial charge in [0.15, 0.2) is 0 Å². The lowest BCUT2D eigenvalue weighted by molar-refractivity contribution is -0.124. The Morgan fingerprint density at radius 3 is 2.36 bits per heavy atom. The Morgan fingerprint density at radius 1 is 0.960 bits per heavy atom. The average Bonchev–Trinajstić information content (AvgIpc) is 2.65. The first kappa shape index (κ1) is 18.5. The summed E-state index contributed by atoms with van der Waals surface area (Å²) in [6.45, 7) is 2.50. The van der Waals surface area contributed by atoms with Crippen molar-refractivity contribution in [3.05, 3.63) is 60.2 Å². The predicted molar refractivity (Wildman–Crippen MR) is 98.4 cm³/mol. The van der Waals surface area contributed by atoms with E-state index in [0.29, 0.717) is 18.7 Å². The molecular formula is C20H24N2O3. The maximum atomic E-state index is 11.8. The highest BCUT2D eigenvalue weighted by Crippen LogP contribution is 2.17. The van der Waals surface area contributed by atoms with E-state index >= 15 is 0 Å². The number of unbranched alkanes of at least 4 members (excludes halogenated alkanes) is 1. The molecule has 0 aliphatic carbocycles. The molecule has 5 heteroatoms. The van der Waals surface area contributed by atoms with Gasteiger partial charge >= 0.3 is 0 Å². The molecule has 132 valence electrons. The average molecular weight is 340 g/mol. The molecule has 0 bridgehead atoms. The Kier molecular flexibility index (Phi) is 7.50. The lowest BCUT2D eigenvalue weighted by Crippen LogP contribution is -2.32. The van der Waals surface area contributed by atoms with Crippen LogP contribution in [-0.2, 0) is 16.2 Å². The van der Waals surface area contributed by atoms with Gasteiger partial charge in [0.25, 0.3) is 0 Å². The first-order valence-corrected chi connectivity index (χ1v) is 8.50. The highest BCUT2D eigenvalue weighted by Gasteiger charge is 2.06. The van der Waals surface area contributed by atoms with Gasteiger partial charge in [-0.1, -0.05) is 43.7 Å². The molecule has 0 heterocycles. The Morgan fingerprint density at radius 2 is 1.68 bits per heavy atom. The van der Waals surface area contributed by atoms with Crippen molar-refractivity contribution in [2.45, 2.75) is 32.8 Å². The van der Waals surface area contributed by atoms with E-state index in [1.165, 1.54) is 0 Å². The molecule has 2 amide bonds. The van der Waals surface area contributed by atoms with Gasteiger partial charge in [-0.2, -0.15) is 0 Å². The van der Waals surface area contributed by atoms with Gasteiger partial charge in [-0.15, -0.1) is 0 Å². The van der Waals surface area contributed by atoms with Crippen LogP contribution in [0.2, 0.25) is 0 Å². The zero-order valence-corrected chi connectivity index (χ0v) is 14.5. The van der Waals surface area contributed by atoms with Crippen LogP contribution < -0.4 is 15.4 Å². The third-order valence-electron chi connectivity index (χ3n) is 3.59. The summed E-state index contributed by atoms with van der Waals surface area (Å²) >= 11 is 0. The fourth-order valence-corrected chi connectivity index (χ4v) is 2.19. The Labute approximate surface area is 148 Å². The molecule has 0 saturated heterocycles. The fraction of sp³-hybridized carbons (Fsp3) is 0.300. The second-order valence-corrected chi connectivity index (χ2v) is 5.73. The van der Waals surface area contributed by atoms with Crippen molar-refractivity contribution in [2.24, 2.45) is 0 Å². The van der Waals surface area contributed by atoms with Crippen molar-refractivity contribution in [2.75, 3.05) is 11.9 Å². The first-order valence-electron chi connectivity index (χ1n) is 8.50. The van der Waals surface area contributed by atoms with E-state index in [-0.39, 0.29) is 18.4 Å². The number of carbonyl (C=O) groups is 2. The monoisotopic (exact) mass is 340 g/mol. The van der Waals surface area contributed by atoms with Crippen LogP contribution in [0.1, 0.15) is 31.7 Å². The molecule has 0 aliphatic rings. The molecule has 0 aromatic heterocycles. The highest BCUT2D eigenvalue weighted by molar-refractivity contribution is 5.94. The lowest BCUT2D eigenvalue weighted by atomic mass is 10.2. The van der Waals surface area contributed by atoms with Crippen LogP contribution in [0.4, 0.5) is 5.69 Å². The molecule has 0 aliphatic heterocycles. The Balaban J connectivity index is 1.74. The van der Waals surface area contributed by atoms with E-state index in [1.54, 1.807) is 24.3 Å². The highest BCUT2D eigenvalue weighted by atomic mass is 16.5. The van der Waals surface area contributed by atoms with Crippen LogP contribution in [0.25, 0.3) is 0 Å². The van der Waals surface area contributed by atoms with Crippen LogP contribution in [0.5, 0.6) is 5.75 Å². The number of hydrogen-bond acceptors (Lipinski definition) is 3. The van der Waals surface area contributed by atoms with Crippen LogP contribution >= 0.6 is 0 Å². The molecule has 2 aromatic carbocycles. The number of anilines is 1. The van der Waals surface area contributed by atoms with E-state index in [0.717, 1.165) is 24.2 Å². The minimum absolute atomic E-state index is 0.0190. The zero-order valence-electron chi connectivity index (χ0n) is 14.5. The summed E-state index contributed by atoms with van der Waals surface area (Å²) < 4.78 is 5.70. The number of rotatable bonds is 9. The van der Waals surface area contributed by atoms with Crippen molar-refractivity contribution in [3.63, 3.8) is 0 Å². The summed E-state index contributed by atoms with van der Waals surface area (Å²) in [4.78, 5) is 23.3. The topological polar surface area (TPSA) is 67.4 Å². The molecule has 2 N–H and O–H groups in total. The first-order chi connectivity index (χ1) is 12.2. The Bertz CT molecular complexity index is 669. The molecule has 0 saturated carbocycles. The third-order valence-corrected chi connectivity index (χ3v) is 3.59. The Hall–Kier alpha value is -2.82. The number of hydrogen-bond donors (Lipinski definition) is 2. The van der Waals surface area contributed by atoms with E-state index in [9.17, 15) is 9.59 Å². The van der Waals surface area contributed by atoms with E-state index in [4.69, 9.17) is 4.74 Å². The standard InChI is InChI=1S/C20H24N2O3/c1-2-3-9-19(23)21-14-20(24)22-17-10-12-18(13-11-17)25-15-16-7-5-4-6-8-16/h4-8,10-13H,2-3,9,14-15H2,1H3,(H,21,23)(H,22,24). The number of benzene rings is 2. The number of nitrogens with one attached hydrogen (secondary N) is 2. The van der Waals surface area contributed by atoms with E-state index in [2.05, 4.69) is 10.6 Å². The maximum Gasteiger partial charge on any atom is 0.243 e. The van der Waals surface area contributed by atoms with Gasteiger partial charge < -0.3 is 15.4 Å². The molecule has 2 rings (SSSR count).